The molecule has 164 valence electrons. The maximum Gasteiger partial charge on any atom is 0.262 e. The van der Waals surface area contributed by atoms with E-state index in [0.29, 0.717) is 33.2 Å². The minimum Gasteiger partial charge on any atom is -0.361 e. The van der Waals surface area contributed by atoms with Crippen molar-refractivity contribution >= 4 is 50.9 Å². The standard InChI is InChI=1S/C24H22Cl2N4O2/c1-3-12(2)20-22-28-21-16(9-14(25)10-17(21)26)24(32)30(22)19(23(31)29-20)8-13-11-27-18-7-5-4-6-15(13)18/h4-7,9-12,19-20,27H,3,8H2,1-2H3,(H,29,31)/t12-,19+,20-/m0/s1. The second-order valence-electron chi connectivity index (χ2n) is 8.38. The van der Waals surface area contributed by atoms with Crippen molar-refractivity contribution in [3.63, 3.8) is 0 Å². The van der Waals surface area contributed by atoms with E-state index in [1.807, 2.05) is 44.3 Å². The fourth-order valence-corrected chi connectivity index (χ4v) is 5.06. The topological polar surface area (TPSA) is 79.8 Å². The van der Waals surface area contributed by atoms with Gasteiger partial charge in [-0.1, -0.05) is 61.7 Å². The molecule has 0 saturated carbocycles. The van der Waals surface area contributed by atoms with Gasteiger partial charge in [-0.3, -0.25) is 14.2 Å². The quantitative estimate of drug-likeness (QED) is 0.432. The minimum absolute atomic E-state index is 0.0923. The third-order valence-corrected chi connectivity index (χ3v) is 6.95. The fourth-order valence-electron chi connectivity index (χ4n) is 4.52. The molecule has 8 heteroatoms. The number of aromatic amines is 1. The lowest BCUT2D eigenvalue weighted by Gasteiger charge is -2.35. The maximum absolute atomic E-state index is 13.7. The zero-order valence-corrected chi connectivity index (χ0v) is 19.2. The fraction of sp³-hybridized carbons (Fsp3) is 0.292. The van der Waals surface area contributed by atoms with Gasteiger partial charge in [-0.25, -0.2) is 4.98 Å². The van der Waals surface area contributed by atoms with Crippen molar-refractivity contribution in [2.75, 3.05) is 0 Å². The van der Waals surface area contributed by atoms with Gasteiger partial charge in [0.2, 0.25) is 5.91 Å². The van der Waals surface area contributed by atoms with Gasteiger partial charge in [-0.2, -0.15) is 0 Å². The Morgan fingerprint density at radius 3 is 2.72 bits per heavy atom. The van der Waals surface area contributed by atoms with Crippen molar-refractivity contribution in [3.8, 4) is 0 Å². The Kier molecular flexibility index (Phi) is 5.22. The van der Waals surface area contributed by atoms with Crippen molar-refractivity contribution in [1.29, 1.82) is 0 Å². The molecule has 1 aliphatic rings. The summed E-state index contributed by atoms with van der Waals surface area (Å²) < 4.78 is 1.55. The number of amides is 1. The van der Waals surface area contributed by atoms with Gasteiger partial charge in [0.15, 0.2) is 0 Å². The number of carbonyl (C=O) groups is 1. The summed E-state index contributed by atoms with van der Waals surface area (Å²) in [5.41, 5.74) is 2.05. The average Bonchev–Trinajstić information content (AvgIpc) is 3.18. The van der Waals surface area contributed by atoms with Crippen LogP contribution < -0.4 is 10.9 Å². The van der Waals surface area contributed by atoms with Gasteiger partial charge in [0.25, 0.3) is 5.56 Å². The number of para-hydroxylation sites is 1. The summed E-state index contributed by atoms with van der Waals surface area (Å²) in [6.45, 7) is 4.08. The lowest BCUT2D eigenvalue weighted by molar-refractivity contribution is -0.127. The van der Waals surface area contributed by atoms with Gasteiger partial charge in [0, 0.05) is 28.5 Å². The number of halogens is 2. The highest BCUT2D eigenvalue weighted by Gasteiger charge is 2.38. The first-order chi connectivity index (χ1) is 15.4. The Balaban J connectivity index is 1.74. The Morgan fingerprint density at radius 2 is 1.94 bits per heavy atom. The van der Waals surface area contributed by atoms with Crippen LogP contribution in [0, 0.1) is 5.92 Å². The van der Waals surface area contributed by atoms with Gasteiger partial charge in [-0.05, 0) is 29.7 Å². The highest BCUT2D eigenvalue weighted by atomic mass is 35.5. The molecule has 0 aliphatic carbocycles. The van der Waals surface area contributed by atoms with E-state index in [4.69, 9.17) is 28.2 Å². The average molecular weight is 469 g/mol. The smallest absolute Gasteiger partial charge is 0.262 e. The molecule has 2 aromatic heterocycles. The van der Waals surface area contributed by atoms with Gasteiger partial charge < -0.3 is 10.3 Å². The summed E-state index contributed by atoms with van der Waals surface area (Å²) in [5, 5.41) is 5.13. The van der Waals surface area contributed by atoms with Crippen LogP contribution >= 0.6 is 23.2 Å². The molecule has 4 aromatic rings. The van der Waals surface area contributed by atoms with Crippen molar-refractivity contribution in [2.24, 2.45) is 5.92 Å². The number of aromatic nitrogens is 3. The minimum atomic E-state index is -0.730. The van der Waals surface area contributed by atoms with E-state index in [1.165, 1.54) is 0 Å². The third-order valence-electron chi connectivity index (χ3n) is 6.44. The number of benzene rings is 2. The molecule has 3 atom stereocenters. The van der Waals surface area contributed by atoms with Crippen LogP contribution in [-0.4, -0.2) is 20.4 Å². The second-order valence-corrected chi connectivity index (χ2v) is 9.22. The molecule has 5 rings (SSSR count). The highest BCUT2D eigenvalue weighted by molar-refractivity contribution is 6.38. The second kappa shape index (κ2) is 7.94. The summed E-state index contributed by atoms with van der Waals surface area (Å²) in [6.07, 6.45) is 3.07. The number of rotatable bonds is 4. The molecule has 0 unspecified atom stereocenters. The zero-order chi connectivity index (χ0) is 22.6. The predicted octanol–water partition coefficient (Wildman–Crippen LogP) is 5.19. The number of nitrogens with one attached hydrogen (secondary N) is 2. The van der Waals surface area contributed by atoms with Crippen molar-refractivity contribution < 1.29 is 4.79 Å². The van der Waals surface area contributed by atoms with Crippen LogP contribution in [0.4, 0.5) is 0 Å². The van der Waals surface area contributed by atoms with E-state index in [2.05, 4.69) is 10.3 Å². The molecule has 0 spiro atoms. The molecular formula is C24H22Cl2N4O2. The SMILES string of the molecule is CC[C@H](C)[C@@H]1NC(=O)[C@@H](Cc2c[nH]c3ccccc23)n2c1nc1c(Cl)cc(Cl)cc1c2=O. The van der Waals surface area contributed by atoms with E-state index >= 15 is 0 Å². The molecule has 6 nitrogen and oxygen atoms in total. The van der Waals surface area contributed by atoms with E-state index in [0.717, 1.165) is 22.9 Å². The Hall–Kier alpha value is -2.83. The first-order valence-electron chi connectivity index (χ1n) is 10.7. The van der Waals surface area contributed by atoms with Crippen molar-refractivity contribution in [1.82, 2.24) is 19.9 Å². The summed E-state index contributed by atoms with van der Waals surface area (Å²) >= 11 is 12.6. The van der Waals surface area contributed by atoms with E-state index < -0.39 is 6.04 Å². The number of nitrogens with zero attached hydrogens (tertiary/aromatic N) is 2. The molecule has 1 aliphatic heterocycles. The predicted molar refractivity (Wildman–Crippen MR) is 127 cm³/mol. The van der Waals surface area contributed by atoms with E-state index in [9.17, 15) is 9.59 Å². The van der Waals surface area contributed by atoms with Crippen LogP contribution in [0.1, 0.15) is 43.7 Å². The number of hydrogen-bond donors (Lipinski definition) is 2. The summed E-state index contributed by atoms with van der Waals surface area (Å²) in [5.74, 6) is 0.435. The molecular weight excluding hydrogens is 447 g/mol. The Labute approximate surface area is 194 Å². The lowest BCUT2D eigenvalue weighted by atomic mass is 9.93. The van der Waals surface area contributed by atoms with Gasteiger partial charge in [-0.15, -0.1) is 0 Å². The number of fused-ring (bicyclic) bond motifs is 3. The normalized spacial score (nSPS) is 19.2. The number of hydrogen-bond acceptors (Lipinski definition) is 3. The molecule has 2 N–H and O–H groups in total. The van der Waals surface area contributed by atoms with Gasteiger partial charge >= 0.3 is 0 Å². The highest BCUT2D eigenvalue weighted by Crippen LogP contribution is 2.34. The monoisotopic (exact) mass is 468 g/mol. The molecule has 32 heavy (non-hydrogen) atoms. The Morgan fingerprint density at radius 1 is 1.16 bits per heavy atom. The molecule has 0 radical (unpaired) electrons. The molecule has 1 amide bonds. The molecule has 0 fully saturated rings. The molecule has 0 bridgehead atoms. The lowest BCUT2D eigenvalue weighted by Crippen LogP contribution is -2.50. The van der Waals surface area contributed by atoms with Crippen LogP contribution in [0.15, 0.2) is 47.4 Å². The number of carbonyl (C=O) groups excluding carboxylic acids is 1. The van der Waals surface area contributed by atoms with Gasteiger partial charge in [0.05, 0.1) is 22.0 Å². The largest absolute Gasteiger partial charge is 0.361 e. The molecule has 3 heterocycles. The van der Waals surface area contributed by atoms with Crippen LogP contribution in [0.2, 0.25) is 10.0 Å². The maximum atomic E-state index is 13.7. The zero-order valence-electron chi connectivity index (χ0n) is 17.7. The van der Waals surface area contributed by atoms with Crippen LogP contribution in [0.3, 0.4) is 0 Å². The molecule has 0 saturated heterocycles. The van der Waals surface area contributed by atoms with Crippen LogP contribution in [0.25, 0.3) is 21.8 Å². The first kappa shape index (κ1) is 21.0. The summed E-state index contributed by atoms with van der Waals surface area (Å²) in [4.78, 5) is 35.0. The third kappa shape index (κ3) is 3.29. The Bertz CT molecular complexity index is 1430. The summed E-state index contributed by atoms with van der Waals surface area (Å²) in [6, 6.07) is 9.94. The van der Waals surface area contributed by atoms with Gasteiger partial charge in [0.1, 0.15) is 11.9 Å². The van der Waals surface area contributed by atoms with E-state index in [1.54, 1.807) is 16.7 Å². The van der Waals surface area contributed by atoms with Crippen molar-refractivity contribution in [2.45, 2.75) is 38.8 Å². The van der Waals surface area contributed by atoms with Crippen LogP contribution in [-0.2, 0) is 11.2 Å². The summed E-state index contributed by atoms with van der Waals surface area (Å²) in [7, 11) is 0. The van der Waals surface area contributed by atoms with E-state index in [-0.39, 0.29) is 23.4 Å². The first-order valence-corrected chi connectivity index (χ1v) is 11.4. The van der Waals surface area contributed by atoms with Crippen LogP contribution in [0.5, 0.6) is 0 Å². The number of H-pyrrole nitrogens is 1. The van der Waals surface area contributed by atoms with Crippen molar-refractivity contribution in [3.05, 3.63) is 74.4 Å². The molecule has 2 aromatic carbocycles.